The number of ketones is 1. The molecular weight excluding hydrogens is 628 g/mol. The van der Waals surface area contributed by atoms with Gasteiger partial charge in [-0.3, -0.25) is 14.8 Å². The number of carboxylic acids is 1. The van der Waals surface area contributed by atoms with Gasteiger partial charge in [0.15, 0.2) is 5.78 Å². The molecule has 0 bridgehead atoms. The van der Waals surface area contributed by atoms with E-state index in [9.17, 15) is 9.59 Å². The van der Waals surface area contributed by atoms with E-state index in [2.05, 4.69) is 34.2 Å². The number of para-hydroxylation sites is 1. The SMILES string of the molecule is O=C(O)c1ccc(C(=O)c2ccc3oc4ccccc4c3c2)cc1.[Eu].c1cnc2c(c1)ccc1cccnc12. The zero-order valence-electron chi connectivity index (χ0n) is 20.4. The van der Waals surface area contributed by atoms with E-state index >= 15 is 0 Å². The molecule has 0 spiro atoms. The van der Waals surface area contributed by atoms with E-state index in [1.807, 2.05) is 42.5 Å². The second-order valence-corrected chi connectivity index (χ2v) is 8.74. The largest absolute Gasteiger partial charge is 0.478 e. The number of carbonyl (C=O) groups is 2. The second kappa shape index (κ2) is 11.5. The summed E-state index contributed by atoms with van der Waals surface area (Å²) in [6.07, 6.45) is 3.60. The Morgan fingerprint density at radius 1 is 0.590 bits per heavy atom. The summed E-state index contributed by atoms with van der Waals surface area (Å²) in [5.41, 5.74) is 4.61. The van der Waals surface area contributed by atoms with Gasteiger partial charge in [-0.25, -0.2) is 4.79 Å². The number of furan rings is 1. The van der Waals surface area contributed by atoms with Gasteiger partial charge in [-0.15, -0.1) is 0 Å². The third kappa shape index (κ3) is 5.39. The predicted molar refractivity (Wildman–Crippen MR) is 148 cm³/mol. The number of fused-ring (bicyclic) bond motifs is 6. The molecule has 39 heavy (non-hydrogen) atoms. The summed E-state index contributed by atoms with van der Waals surface area (Å²) in [4.78, 5) is 32.2. The van der Waals surface area contributed by atoms with Crippen molar-refractivity contribution in [2.75, 3.05) is 0 Å². The third-order valence-corrected chi connectivity index (χ3v) is 6.38. The van der Waals surface area contributed by atoms with Gasteiger partial charge in [-0.05, 0) is 48.5 Å². The van der Waals surface area contributed by atoms with Crippen LogP contribution < -0.4 is 0 Å². The number of carboxylic acid groups (broad SMARTS) is 1. The monoisotopic (exact) mass is 649 g/mol. The molecule has 0 unspecified atom stereocenters. The van der Waals surface area contributed by atoms with Gasteiger partial charge < -0.3 is 9.52 Å². The molecule has 6 nitrogen and oxygen atoms in total. The molecule has 0 aliphatic heterocycles. The second-order valence-electron chi connectivity index (χ2n) is 8.74. The van der Waals surface area contributed by atoms with Crippen molar-refractivity contribution in [2.45, 2.75) is 0 Å². The standard InChI is InChI=1S/C20H12O4.C12H8N2.Eu/c21-19(12-5-7-13(8-6-12)20(22)23)14-9-10-18-16(11-14)15-3-1-2-4-17(15)24-18;1-3-9-5-6-10-4-2-8-14-12(10)11(9)13-7-1;/h1-11H,(H,22,23);1-8H;. The molecule has 4 aromatic carbocycles. The van der Waals surface area contributed by atoms with Gasteiger partial charge in [0.25, 0.3) is 0 Å². The minimum Gasteiger partial charge on any atom is -0.478 e. The first-order valence-electron chi connectivity index (χ1n) is 12.0. The molecule has 3 aromatic heterocycles. The van der Waals surface area contributed by atoms with Crippen LogP contribution >= 0.6 is 0 Å². The van der Waals surface area contributed by atoms with Gasteiger partial charge in [-0.2, -0.15) is 0 Å². The molecule has 0 atom stereocenters. The first-order chi connectivity index (χ1) is 18.6. The Morgan fingerprint density at radius 2 is 1.15 bits per heavy atom. The van der Waals surface area contributed by atoms with Crippen LogP contribution in [0.4, 0.5) is 0 Å². The van der Waals surface area contributed by atoms with Crippen LogP contribution in [0.2, 0.25) is 0 Å². The zero-order valence-corrected chi connectivity index (χ0v) is 22.8. The molecule has 1 N–H and O–H groups in total. The predicted octanol–water partition coefficient (Wildman–Crippen LogP) is 7.30. The molecule has 0 saturated carbocycles. The van der Waals surface area contributed by atoms with Crippen molar-refractivity contribution in [3.8, 4) is 0 Å². The van der Waals surface area contributed by atoms with Crippen LogP contribution in [0.3, 0.4) is 0 Å². The molecule has 7 heteroatoms. The minimum atomic E-state index is -1.01. The number of carbonyl (C=O) groups excluding carboxylic acids is 1. The number of benzene rings is 4. The van der Waals surface area contributed by atoms with Crippen molar-refractivity contribution in [1.82, 2.24) is 9.97 Å². The van der Waals surface area contributed by atoms with E-state index in [0.29, 0.717) is 11.1 Å². The third-order valence-electron chi connectivity index (χ3n) is 6.38. The Kier molecular flexibility index (Phi) is 7.93. The summed E-state index contributed by atoms with van der Waals surface area (Å²) in [6, 6.07) is 31.1. The van der Waals surface area contributed by atoms with Crippen LogP contribution in [0.1, 0.15) is 26.3 Å². The fraction of sp³-hybridized carbons (Fsp3) is 0. The molecule has 0 saturated heterocycles. The van der Waals surface area contributed by atoms with E-state index < -0.39 is 5.97 Å². The van der Waals surface area contributed by atoms with Crippen molar-refractivity contribution >= 4 is 55.5 Å². The van der Waals surface area contributed by atoms with Gasteiger partial charge in [0.05, 0.1) is 16.6 Å². The van der Waals surface area contributed by atoms with Gasteiger partial charge in [-0.1, -0.05) is 54.6 Å². The average Bonchev–Trinajstić information content (AvgIpc) is 3.35. The summed E-state index contributed by atoms with van der Waals surface area (Å²) in [7, 11) is 0. The van der Waals surface area contributed by atoms with Gasteiger partial charge in [0.1, 0.15) is 11.2 Å². The maximum Gasteiger partial charge on any atom is 0.335 e. The maximum atomic E-state index is 12.7. The zero-order chi connectivity index (χ0) is 26.1. The minimum absolute atomic E-state index is 0. The Morgan fingerprint density at radius 3 is 1.79 bits per heavy atom. The van der Waals surface area contributed by atoms with Crippen LogP contribution in [-0.4, -0.2) is 26.8 Å². The van der Waals surface area contributed by atoms with Crippen molar-refractivity contribution in [3.05, 3.63) is 132 Å². The number of hydrogen-bond acceptors (Lipinski definition) is 5. The Bertz CT molecular complexity index is 1930. The number of pyridine rings is 2. The summed E-state index contributed by atoms with van der Waals surface area (Å²) in [6.45, 7) is 0. The van der Waals surface area contributed by atoms with Crippen molar-refractivity contribution in [2.24, 2.45) is 0 Å². The Labute approximate surface area is 263 Å². The van der Waals surface area contributed by atoms with E-state index in [1.165, 1.54) is 24.3 Å². The van der Waals surface area contributed by atoms with E-state index in [1.54, 1.807) is 24.5 Å². The van der Waals surface area contributed by atoms with Gasteiger partial charge >= 0.3 is 5.97 Å². The first kappa shape index (κ1) is 26.8. The van der Waals surface area contributed by atoms with Crippen molar-refractivity contribution in [3.63, 3.8) is 0 Å². The van der Waals surface area contributed by atoms with Crippen LogP contribution in [0.15, 0.2) is 120 Å². The number of rotatable bonds is 3. The Hall–Kier alpha value is -3.78. The smallest absolute Gasteiger partial charge is 0.335 e. The molecule has 7 rings (SSSR count). The summed E-state index contributed by atoms with van der Waals surface area (Å²) in [5.74, 6) is -1.17. The normalized spacial score (nSPS) is 10.7. The fourth-order valence-electron chi connectivity index (χ4n) is 4.48. The fourth-order valence-corrected chi connectivity index (χ4v) is 4.48. The molecule has 3 heterocycles. The molecule has 1 radical (unpaired) electrons. The van der Waals surface area contributed by atoms with Gasteiger partial charge in [0, 0.05) is 94.4 Å². The molecule has 0 aliphatic carbocycles. The first-order valence-corrected chi connectivity index (χ1v) is 12.0. The van der Waals surface area contributed by atoms with Crippen LogP contribution in [0.25, 0.3) is 43.7 Å². The van der Waals surface area contributed by atoms with E-state index in [4.69, 9.17) is 9.52 Å². The number of nitrogens with zero attached hydrogens (tertiary/aromatic N) is 2. The quantitative estimate of drug-likeness (QED) is 0.160. The molecule has 0 amide bonds. The summed E-state index contributed by atoms with van der Waals surface area (Å²) < 4.78 is 5.76. The topological polar surface area (TPSA) is 93.3 Å². The Balaban J connectivity index is 0.000000175. The summed E-state index contributed by atoms with van der Waals surface area (Å²) in [5, 5.41) is 13.1. The van der Waals surface area contributed by atoms with Crippen LogP contribution in [0, 0.1) is 49.4 Å². The van der Waals surface area contributed by atoms with E-state index in [0.717, 1.165) is 43.7 Å². The molecule has 7 aromatic rings. The maximum absolute atomic E-state index is 12.7. The molecular formula is C32H20EuN2O4. The van der Waals surface area contributed by atoms with Crippen molar-refractivity contribution < 1.29 is 68.5 Å². The van der Waals surface area contributed by atoms with Crippen molar-refractivity contribution in [1.29, 1.82) is 0 Å². The number of hydrogen-bond donors (Lipinski definition) is 1. The molecule has 0 aliphatic rings. The average molecular weight is 648 g/mol. The number of aromatic nitrogens is 2. The van der Waals surface area contributed by atoms with Crippen LogP contribution in [0.5, 0.6) is 0 Å². The summed E-state index contributed by atoms with van der Waals surface area (Å²) >= 11 is 0. The number of aromatic carboxylic acids is 1. The molecule has 189 valence electrons. The van der Waals surface area contributed by atoms with Crippen LogP contribution in [-0.2, 0) is 0 Å². The van der Waals surface area contributed by atoms with E-state index in [-0.39, 0.29) is 60.7 Å². The molecule has 0 fully saturated rings. The van der Waals surface area contributed by atoms with Gasteiger partial charge in [0.2, 0.25) is 0 Å².